The molecule has 1 saturated heterocycles. The zero-order chi connectivity index (χ0) is 16.8. The van der Waals surface area contributed by atoms with Gasteiger partial charge in [0, 0.05) is 38.0 Å². The second-order valence-electron chi connectivity index (χ2n) is 6.89. The summed E-state index contributed by atoms with van der Waals surface area (Å²) >= 11 is 0. The Bertz CT molecular complexity index is 537. The highest BCUT2D eigenvalue weighted by molar-refractivity contribution is 14.0. The number of aliphatic hydroxyl groups excluding tert-OH is 1. The van der Waals surface area contributed by atoms with Crippen LogP contribution in [-0.2, 0) is 6.54 Å². The minimum atomic E-state index is 0. The van der Waals surface area contributed by atoms with Crippen molar-refractivity contribution in [3.8, 4) is 0 Å². The highest BCUT2D eigenvalue weighted by Crippen LogP contribution is 2.23. The summed E-state index contributed by atoms with van der Waals surface area (Å²) in [6.07, 6.45) is 4.68. The van der Waals surface area contributed by atoms with E-state index in [0.29, 0.717) is 25.1 Å². The summed E-state index contributed by atoms with van der Waals surface area (Å²) in [7, 11) is 0. The van der Waals surface area contributed by atoms with E-state index in [4.69, 9.17) is 0 Å². The van der Waals surface area contributed by atoms with Gasteiger partial charge in [0.15, 0.2) is 5.96 Å². The topological polar surface area (TPSA) is 59.9 Å². The molecule has 1 saturated carbocycles. The molecule has 1 aliphatic heterocycles. The Kier molecular flexibility index (Phi) is 8.29. The van der Waals surface area contributed by atoms with E-state index < -0.39 is 0 Å². The van der Waals surface area contributed by atoms with Crippen molar-refractivity contribution in [3.05, 3.63) is 29.8 Å². The summed E-state index contributed by atoms with van der Waals surface area (Å²) in [5.74, 6) is 1.41. The Morgan fingerprint density at radius 3 is 2.40 bits per heavy atom. The maximum atomic E-state index is 9.24. The molecule has 1 heterocycles. The van der Waals surface area contributed by atoms with Crippen LogP contribution in [0.2, 0.25) is 0 Å². The standard InChI is InChI=1S/C19H30N4O.HI/c1-2-20-19(22-17-5-6-17)21-13-15-3-7-18(8-4-15)23-11-9-16(14-24)10-12-23;/h3-4,7-8,16-17,24H,2,5-6,9-14H2,1H3,(H2,20,21,22);1H. The van der Waals surface area contributed by atoms with Crippen LogP contribution in [0.5, 0.6) is 0 Å². The number of anilines is 1. The fourth-order valence-electron chi connectivity index (χ4n) is 3.10. The number of benzene rings is 1. The van der Waals surface area contributed by atoms with E-state index in [0.717, 1.165) is 38.4 Å². The van der Waals surface area contributed by atoms with Crippen molar-refractivity contribution in [1.29, 1.82) is 0 Å². The first-order valence-corrected chi connectivity index (χ1v) is 9.28. The van der Waals surface area contributed by atoms with Crippen LogP contribution in [0.3, 0.4) is 0 Å². The number of guanidine groups is 1. The summed E-state index contributed by atoms with van der Waals surface area (Å²) in [6.45, 7) is 6.10. The van der Waals surface area contributed by atoms with Gasteiger partial charge >= 0.3 is 0 Å². The van der Waals surface area contributed by atoms with Crippen molar-refractivity contribution in [2.24, 2.45) is 10.9 Å². The molecule has 25 heavy (non-hydrogen) atoms. The second kappa shape index (κ2) is 10.2. The van der Waals surface area contributed by atoms with Crippen LogP contribution in [0.4, 0.5) is 5.69 Å². The first-order valence-electron chi connectivity index (χ1n) is 9.28. The summed E-state index contributed by atoms with van der Waals surface area (Å²) in [5.41, 5.74) is 2.51. The quantitative estimate of drug-likeness (QED) is 0.349. The average molecular weight is 458 g/mol. The zero-order valence-electron chi connectivity index (χ0n) is 15.1. The monoisotopic (exact) mass is 458 g/mol. The molecule has 5 nitrogen and oxygen atoms in total. The van der Waals surface area contributed by atoms with Crippen LogP contribution in [0, 0.1) is 5.92 Å². The lowest BCUT2D eigenvalue weighted by molar-refractivity contribution is 0.203. The van der Waals surface area contributed by atoms with E-state index in [1.54, 1.807) is 0 Å². The van der Waals surface area contributed by atoms with E-state index in [2.05, 4.69) is 51.7 Å². The van der Waals surface area contributed by atoms with Crippen molar-refractivity contribution >= 4 is 35.6 Å². The summed E-state index contributed by atoms with van der Waals surface area (Å²) in [5, 5.41) is 16.0. The van der Waals surface area contributed by atoms with E-state index in [9.17, 15) is 5.11 Å². The van der Waals surface area contributed by atoms with Gasteiger partial charge in [0.25, 0.3) is 0 Å². The lowest BCUT2D eigenvalue weighted by Crippen LogP contribution is -2.38. The number of piperidine rings is 1. The molecule has 1 aliphatic carbocycles. The lowest BCUT2D eigenvalue weighted by Gasteiger charge is -2.32. The normalized spacial score (nSPS) is 18.6. The van der Waals surface area contributed by atoms with Crippen LogP contribution in [0.1, 0.15) is 38.2 Å². The Hall–Kier alpha value is -1.02. The molecular weight excluding hydrogens is 427 g/mol. The van der Waals surface area contributed by atoms with Gasteiger partial charge in [0.1, 0.15) is 0 Å². The number of nitrogens with one attached hydrogen (secondary N) is 2. The SMILES string of the molecule is CCNC(=NCc1ccc(N2CCC(CO)CC2)cc1)NC1CC1.I. The van der Waals surface area contributed by atoms with E-state index >= 15 is 0 Å². The van der Waals surface area contributed by atoms with Gasteiger partial charge < -0.3 is 20.6 Å². The predicted molar refractivity (Wildman–Crippen MR) is 115 cm³/mol. The van der Waals surface area contributed by atoms with Gasteiger partial charge in [-0.2, -0.15) is 0 Å². The van der Waals surface area contributed by atoms with E-state index in [1.165, 1.54) is 24.1 Å². The molecule has 0 aromatic heterocycles. The molecule has 3 rings (SSSR count). The molecule has 3 N–H and O–H groups in total. The Balaban J connectivity index is 0.00000225. The molecular formula is C19H31IN4O. The molecule has 0 amide bonds. The number of halogens is 1. The van der Waals surface area contributed by atoms with Crippen molar-refractivity contribution < 1.29 is 5.11 Å². The van der Waals surface area contributed by atoms with Crippen LogP contribution >= 0.6 is 24.0 Å². The van der Waals surface area contributed by atoms with E-state index in [-0.39, 0.29) is 24.0 Å². The van der Waals surface area contributed by atoms with Crippen LogP contribution < -0.4 is 15.5 Å². The number of aliphatic imine (C=N–C) groups is 1. The first kappa shape index (κ1) is 20.3. The summed E-state index contributed by atoms with van der Waals surface area (Å²) < 4.78 is 0. The van der Waals surface area contributed by atoms with Crippen molar-refractivity contribution in [3.63, 3.8) is 0 Å². The predicted octanol–water partition coefficient (Wildman–Crippen LogP) is 2.73. The van der Waals surface area contributed by atoms with Gasteiger partial charge in [-0.25, -0.2) is 4.99 Å². The molecule has 6 heteroatoms. The van der Waals surface area contributed by atoms with Gasteiger partial charge in [-0.05, 0) is 56.2 Å². The number of rotatable bonds is 6. The second-order valence-corrected chi connectivity index (χ2v) is 6.89. The molecule has 0 atom stereocenters. The third-order valence-corrected chi connectivity index (χ3v) is 4.86. The average Bonchev–Trinajstić information content (AvgIpc) is 3.44. The molecule has 2 aliphatic rings. The first-order chi connectivity index (χ1) is 11.8. The lowest BCUT2D eigenvalue weighted by atomic mass is 9.97. The zero-order valence-corrected chi connectivity index (χ0v) is 17.4. The van der Waals surface area contributed by atoms with Gasteiger partial charge in [-0.15, -0.1) is 24.0 Å². The van der Waals surface area contributed by atoms with Crippen LogP contribution in [0.15, 0.2) is 29.3 Å². The highest BCUT2D eigenvalue weighted by Gasteiger charge is 2.22. The molecule has 140 valence electrons. The molecule has 0 unspecified atom stereocenters. The summed E-state index contributed by atoms with van der Waals surface area (Å²) in [6, 6.07) is 9.37. The fraction of sp³-hybridized carbons (Fsp3) is 0.632. The number of aliphatic hydroxyl groups is 1. The van der Waals surface area contributed by atoms with Crippen molar-refractivity contribution in [2.75, 3.05) is 31.1 Å². The maximum absolute atomic E-state index is 9.24. The Labute approximate surface area is 168 Å². The third-order valence-electron chi connectivity index (χ3n) is 4.86. The molecule has 1 aromatic rings. The molecule has 0 bridgehead atoms. The number of hydrogen-bond donors (Lipinski definition) is 3. The van der Waals surface area contributed by atoms with Gasteiger partial charge in [0.2, 0.25) is 0 Å². The van der Waals surface area contributed by atoms with Crippen molar-refractivity contribution in [2.45, 2.75) is 45.2 Å². The molecule has 0 radical (unpaired) electrons. The van der Waals surface area contributed by atoms with Gasteiger partial charge in [-0.3, -0.25) is 0 Å². The van der Waals surface area contributed by atoms with Gasteiger partial charge in [-0.1, -0.05) is 12.1 Å². The van der Waals surface area contributed by atoms with Crippen LogP contribution in [-0.4, -0.2) is 43.3 Å². The smallest absolute Gasteiger partial charge is 0.191 e. The third kappa shape index (κ3) is 6.33. The Morgan fingerprint density at radius 2 is 1.84 bits per heavy atom. The van der Waals surface area contributed by atoms with Crippen molar-refractivity contribution in [1.82, 2.24) is 10.6 Å². The molecule has 2 fully saturated rings. The number of nitrogens with zero attached hydrogens (tertiary/aromatic N) is 2. The maximum Gasteiger partial charge on any atom is 0.191 e. The summed E-state index contributed by atoms with van der Waals surface area (Å²) in [4.78, 5) is 7.09. The largest absolute Gasteiger partial charge is 0.396 e. The highest BCUT2D eigenvalue weighted by atomic mass is 127. The van der Waals surface area contributed by atoms with Crippen LogP contribution in [0.25, 0.3) is 0 Å². The Morgan fingerprint density at radius 1 is 1.16 bits per heavy atom. The molecule has 0 spiro atoms. The van der Waals surface area contributed by atoms with Gasteiger partial charge in [0.05, 0.1) is 6.54 Å². The number of hydrogen-bond acceptors (Lipinski definition) is 3. The minimum absolute atomic E-state index is 0. The fourth-order valence-corrected chi connectivity index (χ4v) is 3.10. The minimum Gasteiger partial charge on any atom is -0.396 e. The van der Waals surface area contributed by atoms with E-state index in [1.807, 2.05) is 0 Å². The molecule has 1 aromatic carbocycles.